The molecule has 1 atom stereocenters. The molecular formula is C12H15FO. The number of halogens is 1. The molecule has 0 spiro atoms. The smallest absolute Gasteiger partial charge is 0.123 e. The van der Waals surface area contributed by atoms with Gasteiger partial charge in [-0.1, -0.05) is 18.6 Å². The van der Waals surface area contributed by atoms with Crippen LogP contribution in [0.3, 0.4) is 0 Å². The molecule has 1 nitrogen and oxygen atoms in total. The largest absolute Gasteiger partial charge is 0.396 e. The number of aliphatic hydroxyl groups excluding tert-OH is 1. The summed E-state index contributed by atoms with van der Waals surface area (Å²) < 4.78 is 12.7. The zero-order valence-corrected chi connectivity index (χ0v) is 8.12. The van der Waals surface area contributed by atoms with Crippen molar-refractivity contribution >= 4 is 0 Å². The highest BCUT2D eigenvalue weighted by Crippen LogP contribution is 2.38. The summed E-state index contributed by atoms with van der Waals surface area (Å²) in [5.41, 5.74) is 1.07. The van der Waals surface area contributed by atoms with Crippen LogP contribution in [0, 0.1) is 11.7 Å². The zero-order valence-electron chi connectivity index (χ0n) is 8.12. The van der Waals surface area contributed by atoms with Crippen LogP contribution < -0.4 is 0 Å². The molecule has 1 unspecified atom stereocenters. The molecule has 0 bridgehead atoms. The molecule has 0 saturated heterocycles. The molecular weight excluding hydrogens is 179 g/mol. The highest BCUT2D eigenvalue weighted by molar-refractivity contribution is 5.21. The van der Waals surface area contributed by atoms with Gasteiger partial charge in [-0.05, 0) is 36.5 Å². The zero-order chi connectivity index (χ0) is 9.97. The van der Waals surface area contributed by atoms with Crippen LogP contribution in [-0.2, 0) is 0 Å². The molecule has 0 heterocycles. The van der Waals surface area contributed by atoms with Crippen LogP contribution in [0.15, 0.2) is 24.3 Å². The first-order valence-corrected chi connectivity index (χ1v) is 5.17. The Hall–Kier alpha value is -0.890. The molecule has 1 fully saturated rings. The standard InChI is InChI=1S/C12H15FO/c13-11-6-4-10(5-7-11)12(8-14)9-2-1-3-9/h4-7,9,12,14H,1-3,8H2. The predicted molar refractivity (Wildman–Crippen MR) is 53.6 cm³/mol. The first kappa shape index (κ1) is 9.66. The van der Waals surface area contributed by atoms with E-state index in [2.05, 4.69) is 0 Å². The first-order chi connectivity index (χ1) is 6.81. The average molecular weight is 194 g/mol. The Kier molecular flexibility index (Phi) is 2.82. The normalized spacial score (nSPS) is 19.0. The van der Waals surface area contributed by atoms with Gasteiger partial charge in [0.2, 0.25) is 0 Å². The van der Waals surface area contributed by atoms with Crippen molar-refractivity contribution in [3.63, 3.8) is 0 Å². The summed E-state index contributed by atoms with van der Waals surface area (Å²) in [6, 6.07) is 6.51. The third-order valence-corrected chi connectivity index (χ3v) is 3.21. The van der Waals surface area contributed by atoms with E-state index in [-0.39, 0.29) is 18.3 Å². The van der Waals surface area contributed by atoms with E-state index in [4.69, 9.17) is 0 Å². The van der Waals surface area contributed by atoms with Gasteiger partial charge in [0.15, 0.2) is 0 Å². The van der Waals surface area contributed by atoms with Gasteiger partial charge in [-0.2, -0.15) is 0 Å². The molecule has 1 saturated carbocycles. The molecule has 0 aromatic heterocycles. The lowest BCUT2D eigenvalue weighted by atomic mass is 9.73. The van der Waals surface area contributed by atoms with Crippen molar-refractivity contribution < 1.29 is 9.50 Å². The summed E-state index contributed by atoms with van der Waals surface area (Å²) in [7, 11) is 0. The Morgan fingerprint density at radius 2 is 1.93 bits per heavy atom. The van der Waals surface area contributed by atoms with Crippen LogP contribution in [-0.4, -0.2) is 11.7 Å². The lowest BCUT2D eigenvalue weighted by Crippen LogP contribution is -2.23. The van der Waals surface area contributed by atoms with E-state index >= 15 is 0 Å². The second kappa shape index (κ2) is 4.09. The lowest BCUT2D eigenvalue weighted by Gasteiger charge is -2.32. The topological polar surface area (TPSA) is 20.2 Å². The van der Waals surface area contributed by atoms with E-state index in [0.29, 0.717) is 5.92 Å². The SMILES string of the molecule is OCC(c1ccc(F)cc1)C1CCC1. The highest BCUT2D eigenvalue weighted by Gasteiger charge is 2.27. The van der Waals surface area contributed by atoms with Gasteiger partial charge in [0.1, 0.15) is 5.82 Å². The molecule has 2 heteroatoms. The third kappa shape index (κ3) is 1.80. The molecule has 0 radical (unpaired) electrons. The van der Waals surface area contributed by atoms with Crippen LogP contribution in [0.1, 0.15) is 30.7 Å². The molecule has 0 amide bonds. The van der Waals surface area contributed by atoms with Gasteiger partial charge in [-0.15, -0.1) is 0 Å². The quantitative estimate of drug-likeness (QED) is 0.784. The predicted octanol–water partition coefficient (Wildman–Crippen LogP) is 2.70. The third-order valence-electron chi connectivity index (χ3n) is 3.21. The molecule has 1 aromatic carbocycles. The maximum Gasteiger partial charge on any atom is 0.123 e. The summed E-state index contributed by atoms with van der Waals surface area (Å²) in [5.74, 6) is 0.605. The van der Waals surface area contributed by atoms with E-state index in [1.165, 1.54) is 31.4 Å². The fourth-order valence-electron chi connectivity index (χ4n) is 2.08. The Balaban J connectivity index is 2.14. The average Bonchev–Trinajstić information content (AvgIpc) is 2.13. The molecule has 2 rings (SSSR count). The Morgan fingerprint density at radius 1 is 1.29 bits per heavy atom. The van der Waals surface area contributed by atoms with Gasteiger partial charge in [0, 0.05) is 5.92 Å². The molecule has 76 valence electrons. The Morgan fingerprint density at radius 3 is 2.36 bits per heavy atom. The van der Waals surface area contributed by atoms with E-state index in [0.717, 1.165) is 5.56 Å². The fourth-order valence-corrected chi connectivity index (χ4v) is 2.08. The van der Waals surface area contributed by atoms with E-state index in [9.17, 15) is 9.50 Å². The van der Waals surface area contributed by atoms with Gasteiger partial charge >= 0.3 is 0 Å². The highest BCUT2D eigenvalue weighted by atomic mass is 19.1. The van der Waals surface area contributed by atoms with Gasteiger partial charge in [-0.25, -0.2) is 4.39 Å². The van der Waals surface area contributed by atoms with Crippen molar-refractivity contribution in [1.29, 1.82) is 0 Å². The number of benzene rings is 1. The van der Waals surface area contributed by atoms with Crippen molar-refractivity contribution in [3.05, 3.63) is 35.6 Å². The first-order valence-electron chi connectivity index (χ1n) is 5.17. The second-order valence-corrected chi connectivity index (χ2v) is 4.03. The number of hydrogen-bond acceptors (Lipinski definition) is 1. The Bertz CT molecular complexity index is 290. The summed E-state index contributed by atoms with van der Waals surface area (Å²) in [4.78, 5) is 0. The van der Waals surface area contributed by atoms with Crippen LogP contribution in [0.4, 0.5) is 4.39 Å². The second-order valence-electron chi connectivity index (χ2n) is 4.03. The molecule has 1 N–H and O–H groups in total. The van der Waals surface area contributed by atoms with Gasteiger partial charge in [0.25, 0.3) is 0 Å². The van der Waals surface area contributed by atoms with Crippen LogP contribution in [0.5, 0.6) is 0 Å². The van der Waals surface area contributed by atoms with Crippen molar-refractivity contribution in [2.45, 2.75) is 25.2 Å². The summed E-state index contributed by atoms with van der Waals surface area (Å²) in [6.07, 6.45) is 3.66. The number of hydrogen-bond donors (Lipinski definition) is 1. The Labute approximate surface area is 83.6 Å². The molecule has 1 aromatic rings. The van der Waals surface area contributed by atoms with Crippen molar-refractivity contribution in [2.75, 3.05) is 6.61 Å². The monoisotopic (exact) mass is 194 g/mol. The lowest BCUT2D eigenvalue weighted by molar-refractivity contribution is 0.173. The summed E-state index contributed by atoms with van der Waals surface area (Å²) in [5, 5.41) is 9.29. The molecule has 1 aliphatic carbocycles. The molecule has 1 aliphatic rings. The maximum atomic E-state index is 12.7. The summed E-state index contributed by atoms with van der Waals surface area (Å²) >= 11 is 0. The van der Waals surface area contributed by atoms with Crippen molar-refractivity contribution in [2.24, 2.45) is 5.92 Å². The van der Waals surface area contributed by atoms with Crippen LogP contribution in [0.25, 0.3) is 0 Å². The van der Waals surface area contributed by atoms with E-state index in [1.54, 1.807) is 12.1 Å². The minimum absolute atomic E-state index is 0.177. The van der Waals surface area contributed by atoms with E-state index < -0.39 is 0 Å². The molecule has 14 heavy (non-hydrogen) atoms. The fraction of sp³-hybridized carbons (Fsp3) is 0.500. The summed E-state index contributed by atoms with van der Waals surface area (Å²) in [6.45, 7) is 0.177. The number of aliphatic hydroxyl groups is 1. The maximum absolute atomic E-state index is 12.7. The van der Waals surface area contributed by atoms with Gasteiger partial charge < -0.3 is 5.11 Å². The van der Waals surface area contributed by atoms with Crippen molar-refractivity contribution in [1.82, 2.24) is 0 Å². The van der Waals surface area contributed by atoms with Crippen molar-refractivity contribution in [3.8, 4) is 0 Å². The number of rotatable bonds is 3. The molecule has 0 aliphatic heterocycles. The van der Waals surface area contributed by atoms with Gasteiger partial charge in [0.05, 0.1) is 6.61 Å². The minimum Gasteiger partial charge on any atom is -0.396 e. The van der Waals surface area contributed by atoms with Crippen LogP contribution in [0.2, 0.25) is 0 Å². The van der Waals surface area contributed by atoms with Gasteiger partial charge in [-0.3, -0.25) is 0 Å². The van der Waals surface area contributed by atoms with Crippen LogP contribution >= 0.6 is 0 Å². The van der Waals surface area contributed by atoms with E-state index in [1.807, 2.05) is 0 Å². The minimum atomic E-state index is -0.209.